The highest BCUT2D eigenvalue weighted by molar-refractivity contribution is 7.11. The molecular weight excluding hydrogens is 258 g/mol. The fourth-order valence-corrected chi connectivity index (χ4v) is 3.15. The Kier molecular flexibility index (Phi) is 4.04. The van der Waals surface area contributed by atoms with Gasteiger partial charge in [-0.15, -0.1) is 11.3 Å². The molecule has 4 nitrogen and oxygen atoms in total. The van der Waals surface area contributed by atoms with E-state index in [2.05, 4.69) is 34.6 Å². The van der Waals surface area contributed by atoms with Crippen LogP contribution in [0.1, 0.15) is 38.4 Å². The smallest absolute Gasteiger partial charge is 0.255 e. The summed E-state index contributed by atoms with van der Waals surface area (Å²) in [5.74, 6) is -0.0514. The number of H-pyrrole nitrogens is 1. The molecular formula is C14H19N3OS. The largest absolute Gasteiger partial charge is 0.349 e. The first-order chi connectivity index (χ1) is 8.97. The summed E-state index contributed by atoms with van der Waals surface area (Å²) in [5, 5.41) is 9.91. The van der Waals surface area contributed by atoms with E-state index < -0.39 is 0 Å². The van der Waals surface area contributed by atoms with Gasteiger partial charge in [-0.25, -0.2) is 0 Å². The molecule has 0 radical (unpaired) electrons. The van der Waals surface area contributed by atoms with Gasteiger partial charge in [0.15, 0.2) is 0 Å². The van der Waals surface area contributed by atoms with E-state index in [4.69, 9.17) is 0 Å². The summed E-state index contributed by atoms with van der Waals surface area (Å²) in [6.07, 6.45) is 0.861. The van der Waals surface area contributed by atoms with E-state index in [9.17, 15) is 4.79 Å². The molecule has 2 aromatic rings. The second-order valence-corrected chi connectivity index (χ2v) is 6.27. The van der Waals surface area contributed by atoms with Gasteiger partial charge in [0, 0.05) is 27.9 Å². The zero-order chi connectivity index (χ0) is 14.0. The molecule has 0 aliphatic heterocycles. The van der Waals surface area contributed by atoms with Crippen molar-refractivity contribution in [1.82, 2.24) is 15.5 Å². The van der Waals surface area contributed by atoms with Gasteiger partial charge in [-0.05, 0) is 39.8 Å². The number of carbonyl (C=O) groups is 1. The van der Waals surface area contributed by atoms with Crippen molar-refractivity contribution >= 4 is 17.2 Å². The molecule has 102 valence electrons. The maximum absolute atomic E-state index is 12.2. The number of nitrogens with zero attached hydrogens (tertiary/aromatic N) is 1. The highest BCUT2D eigenvalue weighted by Gasteiger charge is 2.17. The average molecular weight is 277 g/mol. The molecule has 2 N–H and O–H groups in total. The van der Waals surface area contributed by atoms with Crippen molar-refractivity contribution in [3.63, 3.8) is 0 Å². The van der Waals surface area contributed by atoms with Crippen molar-refractivity contribution in [3.8, 4) is 0 Å². The second kappa shape index (κ2) is 5.57. The second-order valence-electron chi connectivity index (χ2n) is 4.90. The van der Waals surface area contributed by atoms with Gasteiger partial charge in [0.05, 0.1) is 11.3 Å². The SMILES string of the molecule is Cc1ccc(CC(C)NC(=O)c2c(C)n[nH]c2C)s1. The summed E-state index contributed by atoms with van der Waals surface area (Å²) in [6, 6.07) is 4.34. The van der Waals surface area contributed by atoms with Crippen molar-refractivity contribution in [2.75, 3.05) is 0 Å². The van der Waals surface area contributed by atoms with Crippen LogP contribution in [0.4, 0.5) is 0 Å². The van der Waals surface area contributed by atoms with Gasteiger partial charge >= 0.3 is 0 Å². The number of amides is 1. The van der Waals surface area contributed by atoms with Crippen LogP contribution in [0.3, 0.4) is 0 Å². The van der Waals surface area contributed by atoms with E-state index in [1.807, 2.05) is 20.8 Å². The molecule has 5 heteroatoms. The summed E-state index contributed by atoms with van der Waals surface area (Å²) in [4.78, 5) is 14.8. The van der Waals surface area contributed by atoms with Crippen molar-refractivity contribution in [1.29, 1.82) is 0 Å². The third-order valence-corrected chi connectivity index (χ3v) is 4.06. The Morgan fingerprint density at radius 2 is 2.16 bits per heavy atom. The minimum Gasteiger partial charge on any atom is -0.349 e. The van der Waals surface area contributed by atoms with Gasteiger partial charge in [0.25, 0.3) is 5.91 Å². The number of nitrogens with one attached hydrogen (secondary N) is 2. The Labute approximate surface area is 117 Å². The monoisotopic (exact) mass is 277 g/mol. The summed E-state index contributed by atoms with van der Waals surface area (Å²) in [6.45, 7) is 7.82. The van der Waals surface area contributed by atoms with Crippen molar-refractivity contribution < 1.29 is 4.79 Å². The quantitative estimate of drug-likeness (QED) is 0.903. The molecule has 2 aromatic heterocycles. The summed E-state index contributed by atoms with van der Waals surface area (Å²) in [5.41, 5.74) is 2.22. The number of aryl methyl sites for hydroxylation is 3. The molecule has 2 heterocycles. The lowest BCUT2D eigenvalue weighted by atomic mass is 10.1. The minimum atomic E-state index is -0.0514. The van der Waals surface area contributed by atoms with Crippen molar-refractivity contribution in [2.45, 2.75) is 40.2 Å². The number of aromatic amines is 1. The number of carbonyl (C=O) groups excluding carboxylic acids is 1. The third-order valence-electron chi connectivity index (χ3n) is 3.04. The van der Waals surface area contributed by atoms with E-state index in [-0.39, 0.29) is 11.9 Å². The number of hydrogen-bond acceptors (Lipinski definition) is 3. The molecule has 0 aliphatic rings. The molecule has 1 amide bonds. The van der Waals surface area contributed by atoms with Crippen molar-refractivity contribution in [3.05, 3.63) is 38.8 Å². The molecule has 0 aromatic carbocycles. The molecule has 0 saturated heterocycles. The van der Waals surface area contributed by atoms with Crippen LogP contribution in [0.25, 0.3) is 0 Å². The molecule has 0 fully saturated rings. The number of thiophene rings is 1. The summed E-state index contributed by atoms with van der Waals surface area (Å²) >= 11 is 1.78. The Bertz CT molecular complexity index is 566. The van der Waals surface area contributed by atoms with Crippen LogP contribution in [0.5, 0.6) is 0 Å². The first-order valence-electron chi connectivity index (χ1n) is 6.35. The van der Waals surface area contributed by atoms with Crippen LogP contribution in [-0.4, -0.2) is 22.1 Å². The first-order valence-corrected chi connectivity index (χ1v) is 7.16. The lowest BCUT2D eigenvalue weighted by Gasteiger charge is -2.13. The maximum atomic E-state index is 12.2. The zero-order valence-corrected chi connectivity index (χ0v) is 12.5. The van der Waals surface area contributed by atoms with Gasteiger partial charge in [-0.1, -0.05) is 0 Å². The van der Waals surface area contributed by atoms with E-state index in [1.54, 1.807) is 11.3 Å². The average Bonchev–Trinajstić information content (AvgIpc) is 2.85. The van der Waals surface area contributed by atoms with Gasteiger partial charge in [-0.2, -0.15) is 5.10 Å². The lowest BCUT2D eigenvalue weighted by molar-refractivity contribution is 0.0939. The molecule has 1 atom stereocenters. The van der Waals surface area contributed by atoms with Gasteiger partial charge in [-0.3, -0.25) is 9.89 Å². The van der Waals surface area contributed by atoms with Crippen LogP contribution in [0.2, 0.25) is 0 Å². The highest BCUT2D eigenvalue weighted by Crippen LogP contribution is 2.17. The molecule has 0 aliphatic carbocycles. The highest BCUT2D eigenvalue weighted by atomic mass is 32.1. The van der Waals surface area contributed by atoms with Gasteiger partial charge < -0.3 is 5.32 Å². The molecule has 19 heavy (non-hydrogen) atoms. The van der Waals surface area contributed by atoms with Crippen LogP contribution in [-0.2, 0) is 6.42 Å². The van der Waals surface area contributed by atoms with E-state index in [1.165, 1.54) is 9.75 Å². The maximum Gasteiger partial charge on any atom is 0.255 e. The van der Waals surface area contributed by atoms with Crippen LogP contribution >= 0.6 is 11.3 Å². The topological polar surface area (TPSA) is 57.8 Å². The Hall–Kier alpha value is -1.62. The van der Waals surface area contributed by atoms with Gasteiger partial charge in [0.2, 0.25) is 0 Å². The van der Waals surface area contributed by atoms with Gasteiger partial charge in [0.1, 0.15) is 0 Å². The molecule has 0 bridgehead atoms. The van der Waals surface area contributed by atoms with Crippen LogP contribution < -0.4 is 5.32 Å². The number of rotatable bonds is 4. The van der Waals surface area contributed by atoms with E-state index in [0.717, 1.165) is 17.8 Å². The lowest BCUT2D eigenvalue weighted by Crippen LogP contribution is -2.34. The summed E-state index contributed by atoms with van der Waals surface area (Å²) in [7, 11) is 0. The molecule has 1 unspecified atom stereocenters. The van der Waals surface area contributed by atoms with Crippen LogP contribution in [0, 0.1) is 20.8 Å². The predicted octanol–water partition coefficient (Wildman–Crippen LogP) is 2.76. The fraction of sp³-hybridized carbons (Fsp3) is 0.429. The summed E-state index contributed by atoms with van der Waals surface area (Å²) < 4.78 is 0. The van der Waals surface area contributed by atoms with Crippen LogP contribution in [0.15, 0.2) is 12.1 Å². The van der Waals surface area contributed by atoms with Crippen molar-refractivity contribution in [2.24, 2.45) is 0 Å². The minimum absolute atomic E-state index is 0.0514. The Morgan fingerprint density at radius 3 is 2.68 bits per heavy atom. The third kappa shape index (κ3) is 3.23. The molecule has 0 saturated carbocycles. The molecule has 0 spiro atoms. The number of hydrogen-bond donors (Lipinski definition) is 2. The van der Waals surface area contributed by atoms with E-state index in [0.29, 0.717) is 5.56 Å². The standard InChI is InChI=1S/C14H19N3OS/c1-8(7-12-6-5-9(2)19-12)15-14(18)13-10(3)16-17-11(13)4/h5-6,8H,7H2,1-4H3,(H,15,18)(H,16,17). The molecule has 2 rings (SSSR count). The normalized spacial score (nSPS) is 12.4. The van der Waals surface area contributed by atoms with E-state index >= 15 is 0 Å². The Balaban J connectivity index is 1.99. The first kappa shape index (κ1) is 13.8. The zero-order valence-electron chi connectivity index (χ0n) is 11.7. The Morgan fingerprint density at radius 1 is 1.42 bits per heavy atom. The number of aromatic nitrogens is 2. The predicted molar refractivity (Wildman–Crippen MR) is 77.7 cm³/mol. The fourth-order valence-electron chi connectivity index (χ4n) is 2.13.